The zero-order valence-corrected chi connectivity index (χ0v) is 12.8. The summed E-state index contributed by atoms with van der Waals surface area (Å²) in [5.41, 5.74) is 0. The molecule has 0 rings (SSSR count). The Bertz CT molecular complexity index is 394. The molecule has 0 atom stereocenters. The molecule has 0 bridgehead atoms. The third kappa shape index (κ3) is 3.03. The normalized spacial score (nSPS) is 12.2. The molecule has 0 saturated carbocycles. The van der Waals surface area contributed by atoms with E-state index in [1.807, 2.05) is 0 Å². The monoisotopic (exact) mass is 292 g/mol. The Balaban J connectivity index is 5.82. The van der Waals surface area contributed by atoms with Gasteiger partial charge in [0.15, 0.2) is 0 Å². The van der Waals surface area contributed by atoms with E-state index in [0.717, 1.165) is 12.2 Å². The summed E-state index contributed by atoms with van der Waals surface area (Å²) < 4.78 is 22.1. The fourth-order valence-corrected chi connectivity index (χ4v) is 6.76. The van der Waals surface area contributed by atoms with Crippen molar-refractivity contribution in [3.05, 3.63) is 25.3 Å². The van der Waals surface area contributed by atoms with E-state index in [1.165, 1.54) is 0 Å². The molecule has 6 heteroatoms. The third-order valence-electron chi connectivity index (χ3n) is 3.02. The molecule has 0 radical (unpaired) electrons. The van der Waals surface area contributed by atoms with Crippen molar-refractivity contribution < 1.29 is 35.6 Å². The fraction of sp³-hybridized carbons (Fsp3) is 0.500. The molecule has 0 aliphatic carbocycles. The van der Waals surface area contributed by atoms with Gasteiger partial charge in [0.1, 0.15) is 0 Å². The Hall–Kier alpha value is -1.07. The zero-order valence-electron chi connectivity index (χ0n) is 11.3. The molecule has 18 heavy (non-hydrogen) atoms. The Morgan fingerprint density at radius 2 is 1.22 bits per heavy atom. The van der Waals surface area contributed by atoms with E-state index in [1.54, 1.807) is 27.7 Å². The van der Waals surface area contributed by atoms with Gasteiger partial charge < -0.3 is 0 Å². The standard InChI is InChI=1S/2C3H4O2.2C3H7.O.Ti/c2*1-2-3(4)5;2*1-3-2;;/h2*2H,1H2,(H,4,5);2*3H,1-2H3;;/q;;;;;+2/p-2. The molecule has 0 aliphatic rings. The molecule has 0 unspecified atom stereocenters. The summed E-state index contributed by atoms with van der Waals surface area (Å²) in [7, 11) is 0. The second-order valence-corrected chi connectivity index (χ2v) is 12.4. The van der Waals surface area contributed by atoms with Crippen LogP contribution in [0, 0.1) is 0 Å². The Labute approximate surface area is 109 Å². The summed E-state index contributed by atoms with van der Waals surface area (Å²) in [4.78, 5) is 22.8. The van der Waals surface area contributed by atoms with Crippen LogP contribution in [0.4, 0.5) is 0 Å². The summed E-state index contributed by atoms with van der Waals surface area (Å²) in [6.07, 6.45) is 1.79. The maximum absolute atomic E-state index is 13.2. The van der Waals surface area contributed by atoms with Crippen molar-refractivity contribution in [1.82, 2.24) is 0 Å². The van der Waals surface area contributed by atoms with Crippen LogP contribution in [0.5, 0.6) is 0 Å². The Morgan fingerprint density at radius 3 is 1.39 bits per heavy atom. The van der Waals surface area contributed by atoms with Gasteiger partial charge >= 0.3 is 109 Å². The van der Waals surface area contributed by atoms with Gasteiger partial charge in [-0.15, -0.1) is 0 Å². The molecular weight excluding hydrogens is 272 g/mol. The molecule has 102 valence electrons. The van der Waals surface area contributed by atoms with Gasteiger partial charge in [0.2, 0.25) is 0 Å². The van der Waals surface area contributed by atoms with E-state index in [2.05, 4.69) is 13.2 Å². The van der Waals surface area contributed by atoms with Gasteiger partial charge in [0.25, 0.3) is 0 Å². The average molecular weight is 292 g/mol. The summed E-state index contributed by atoms with van der Waals surface area (Å²) in [6, 6.07) is 0. The van der Waals surface area contributed by atoms with Crippen molar-refractivity contribution in [2.45, 2.75) is 36.1 Å². The van der Waals surface area contributed by atoms with E-state index < -0.39 is 36.4 Å². The van der Waals surface area contributed by atoms with Crippen molar-refractivity contribution in [3.63, 3.8) is 0 Å². The maximum atomic E-state index is 13.2. The van der Waals surface area contributed by atoms with Crippen molar-refractivity contribution in [2.24, 2.45) is 0 Å². The van der Waals surface area contributed by atoms with Crippen LogP contribution < -0.4 is 0 Å². The van der Waals surface area contributed by atoms with Gasteiger partial charge in [0, 0.05) is 0 Å². The molecule has 0 spiro atoms. The first-order valence-electron chi connectivity index (χ1n) is 5.71. The number of hydrogen-bond donors (Lipinski definition) is 0. The van der Waals surface area contributed by atoms with Crippen molar-refractivity contribution >= 4 is 11.9 Å². The molecule has 0 amide bonds. The zero-order chi connectivity index (χ0) is 14.6. The molecule has 0 heterocycles. The molecule has 0 N–H and O–H groups in total. The first kappa shape index (κ1) is 16.9. The minimum atomic E-state index is -5.49. The van der Waals surface area contributed by atoms with Crippen LogP contribution in [-0.2, 0) is 35.6 Å². The van der Waals surface area contributed by atoms with E-state index in [-0.39, 0.29) is 0 Å². The number of hydrogen-bond acceptors (Lipinski definition) is 5. The van der Waals surface area contributed by atoms with Crippen LogP contribution in [0.1, 0.15) is 27.7 Å². The van der Waals surface area contributed by atoms with Crippen molar-refractivity contribution in [1.29, 1.82) is 0 Å². The van der Waals surface area contributed by atoms with Crippen molar-refractivity contribution in [2.75, 3.05) is 0 Å². The molecule has 0 fully saturated rings. The third-order valence-corrected chi connectivity index (χ3v) is 11.4. The molecule has 0 aromatic carbocycles. The van der Waals surface area contributed by atoms with Gasteiger partial charge in [-0.2, -0.15) is 0 Å². The van der Waals surface area contributed by atoms with Crippen LogP contribution in [0.2, 0.25) is 8.45 Å². The average Bonchev–Trinajstić information content (AvgIpc) is 2.28. The van der Waals surface area contributed by atoms with E-state index in [4.69, 9.17) is 6.64 Å². The number of rotatable bonds is 6. The van der Waals surface area contributed by atoms with E-state index >= 15 is 0 Å². The summed E-state index contributed by atoms with van der Waals surface area (Å²) in [5, 5.41) is 0. The second kappa shape index (κ2) is 5.72. The summed E-state index contributed by atoms with van der Waals surface area (Å²) >= 11 is -5.49. The van der Waals surface area contributed by atoms with Gasteiger partial charge in [-0.3, -0.25) is 0 Å². The molecule has 0 aliphatic heterocycles. The second-order valence-electron chi connectivity index (χ2n) is 4.68. The summed E-state index contributed by atoms with van der Waals surface area (Å²) in [5.74, 6) is -1.72. The molecular formula is C12H20O5Ti. The molecule has 0 saturated heterocycles. The predicted molar refractivity (Wildman–Crippen MR) is 63.5 cm³/mol. The summed E-state index contributed by atoms with van der Waals surface area (Å²) in [6.45, 7) is 12.9. The quantitative estimate of drug-likeness (QED) is 0.556. The van der Waals surface area contributed by atoms with Crippen LogP contribution in [0.25, 0.3) is 0 Å². The molecule has 5 nitrogen and oxygen atoms in total. The van der Waals surface area contributed by atoms with E-state index in [0.29, 0.717) is 0 Å². The van der Waals surface area contributed by atoms with Crippen LogP contribution in [0.15, 0.2) is 25.3 Å². The van der Waals surface area contributed by atoms with Crippen molar-refractivity contribution in [3.8, 4) is 0 Å². The number of carbonyl (C=O) groups excluding carboxylic acids is 2. The predicted octanol–water partition coefficient (Wildman–Crippen LogP) is 2.97. The topological polar surface area (TPSA) is 69.7 Å². The van der Waals surface area contributed by atoms with Crippen LogP contribution in [-0.4, -0.2) is 11.9 Å². The van der Waals surface area contributed by atoms with Gasteiger partial charge in [-0.1, -0.05) is 0 Å². The SMILES string of the molecule is C=CC(=O)[O][Ti](=[O])([O]C(=O)C=C)([CH](C)C)[CH](C)C. The minimum absolute atomic E-state index is 0.602. The molecule has 0 aromatic rings. The van der Waals surface area contributed by atoms with Gasteiger partial charge in [-0.25, -0.2) is 0 Å². The Morgan fingerprint density at radius 1 is 0.944 bits per heavy atom. The fourth-order valence-electron chi connectivity index (χ4n) is 1.64. The first-order valence-corrected chi connectivity index (χ1v) is 9.43. The van der Waals surface area contributed by atoms with E-state index in [9.17, 15) is 12.9 Å². The van der Waals surface area contributed by atoms with Crippen LogP contribution >= 0.6 is 0 Å². The van der Waals surface area contributed by atoms with Gasteiger partial charge in [0.05, 0.1) is 0 Å². The molecule has 0 aromatic heterocycles. The van der Waals surface area contributed by atoms with Gasteiger partial charge in [-0.05, 0) is 0 Å². The number of carbonyl (C=O) groups is 2. The van der Waals surface area contributed by atoms with Crippen LogP contribution in [0.3, 0.4) is 0 Å². The Kier molecular flexibility index (Phi) is 5.38. The first-order chi connectivity index (χ1) is 8.11.